The van der Waals surface area contributed by atoms with Gasteiger partial charge in [0.15, 0.2) is 0 Å². The lowest BCUT2D eigenvalue weighted by Gasteiger charge is -2.36. The fourth-order valence-electron chi connectivity index (χ4n) is 4.60. The van der Waals surface area contributed by atoms with E-state index in [-0.39, 0.29) is 0 Å². The normalized spacial score (nSPS) is 27.1. The van der Waals surface area contributed by atoms with Crippen LogP contribution in [0.2, 0.25) is 0 Å². The third-order valence-electron chi connectivity index (χ3n) is 5.92. The summed E-state index contributed by atoms with van der Waals surface area (Å²) in [6.45, 7) is 12.8. The van der Waals surface area contributed by atoms with Gasteiger partial charge in [0.25, 0.3) is 0 Å². The predicted octanol–water partition coefficient (Wildman–Crippen LogP) is 2.89. The molecule has 0 aromatic carbocycles. The fraction of sp³-hybridized carbons (Fsp3) is 0.800. The summed E-state index contributed by atoms with van der Waals surface area (Å²) in [4.78, 5) is 9.46. The molecule has 0 N–H and O–H groups in total. The maximum absolute atomic E-state index is 5.48. The molecule has 25 heavy (non-hydrogen) atoms. The van der Waals surface area contributed by atoms with E-state index in [1.165, 1.54) is 64.0 Å². The highest BCUT2D eigenvalue weighted by atomic mass is 32.1. The molecule has 4 nitrogen and oxygen atoms in total. The first kappa shape index (κ1) is 17.9. The molecule has 0 saturated carbocycles. The van der Waals surface area contributed by atoms with Crippen molar-refractivity contribution in [2.45, 2.75) is 38.8 Å². The van der Waals surface area contributed by atoms with Gasteiger partial charge in [-0.25, -0.2) is 0 Å². The largest absolute Gasteiger partial charge is 0.379 e. The molecule has 0 spiro atoms. The molecule has 1 aromatic heterocycles. The third kappa shape index (κ3) is 5.27. The number of morpholine rings is 1. The van der Waals surface area contributed by atoms with Gasteiger partial charge in [-0.15, -0.1) is 11.3 Å². The number of rotatable bonds is 6. The molecular weight excluding hydrogens is 330 g/mol. The van der Waals surface area contributed by atoms with Crippen LogP contribution in [0.3, 0.4) is 0 Å². The zero-order valence-electron chi connectivity index (χ0n) is 15.5. The van der Waals surface area contributed by atoms with Gasteiger partial charge in [-0.05, 0) is 68.2 Å². The summed E-state index contributed by atoms with van der Waals surface area (Å²) in [7, 11) is 0. The molecule has 4 heterocycles. The summed E-state index contributed by atoms with van der Waals surface area (Å²) in [5, 5.41) is 2.39. The Hall–Kier alpha value is -0.460. The number of thiophene rings is 1. The van der Waals surface area contributed by atoms with Gasteiger partial charge >= 0.3 is 0 Å². The van der Waals surface area contributed by atoms with E-state index in [1.54, 1.807) is 4.88 Å². The smallest absolute Gasteiger partial charge is 0.0594 e. The average molecular weight is 364 g/mol. The summed E-state index contributed by atoms with van der Waals surface area (Å²) in [5.41, 5.74) is 1.53. The lowest BCUT2D eigenvalue weighted by Crippen LogP contribution is -2.44. The van der Waals surface area contributed by atoms with Crippen molar-refractivity contribution < 1.29 is 4.74 Å². The van der Waals surface area contributed by atoms with Crippen LogP contribution in [0.25, 0.3) is 0 Å². The van der Waals surface area contributed by atoms with Crippen molar-refractivity contribution in [3.8, 4) is 0 Å². The highest BCUT2D eigenvalue weighted by molar-refractivity contribution is 7.10. The number of likely N-dealkylation sites (tertiary alicyclic amines) is 2. The van der Waals surface area contributed by atoms with E-state index in [4.69, 9.17) is 4.74 Å². The molecule has 1 atom stereocenters. The van der Waals surface area contributed by atoms with Crippen LogP contribution in [0.4, 0.5) is 0 Å². The lowest BCUT2D eigenvalue weighted by molar-refractivity contribution is 0.0225. The van der Waals surface area contributed by atoms with E-state index in [0.717, 1.165) is 45.3 Å². The van der Waals surface area contributed by atoms with E-state index in [2.05, 4.69) is 26.1 Å². The van der Waals surface area contributed by atoms with E-state index >= 15 is 0 Å². The SMILES string of the molecule is c1sc(CN2CCCC(CN3CCOCC3)C2)cc1CN1CCCC1. The van der Waals surface area contributed by atoms with Gasteiger partial charge in [-0.3, -0.25) is 14.7 Å². The van der Waals surface area contributed by atoms with E-state index < -0.39 is 0 Å². The van der Waals surface area contributed by atoms with Crippen LogP contribution >= 0.6 is 11.3 Å². The number of hydrogen-bond donors (Lipinski definition) is 0. The van der Waals surface area contributed by atoms with Crippen molar-refractivity contribution >= 4 is 11.3 Å². The van der Waals surface area contributed by atoms with Crippen molar-refractivity contribution in [2.24, 2.45) is 5.92 Å². The Morgan fingerprint density at radius 3 is 2.56 bits per heavy atom. The molecule has 140 valence electrons. The van der Waals surface area contributed by atoms with Crippen molar-refractivity contribution in [3.63, 3.8) is 0 Å². The second-order valence-electron chi connectivity index (χ2n) is 8.06. The molecule has 3 aliphatic rings. The summed E-state index contributed by atoms with van der Waals surface area (Å²) < 4.78 is 5.48. The van der Waals surface area contributed by atoms with Gasteiger partial charge in [0, 0.05) is 44.1 Å². The first-order chi connectivity index (χ1) is 12.3. The van der Waals surface area contributed by atoms with Crippen LogP contribution < -0.4 is 0 Å². The van der Waals surface area contributed by atoms with E-state index in [0.29, 0.717) is 0 Å². The van der Waals surface area contributed by atoms with Gasteiger partial charge in [-0.1, -0.05) is 0 Å². The Kier molecular flexibility index (Phi) is 6.42. The Bertz CT molecular complexity index is 523. The summed E-state index contributed by atoms with van der Waals surface area (Å²) in [5.74, 6) is 0.843. The van der Waals surface area contributed by atoms with Gasteiger partial charge in [0.2, 0.25) is 0 Å². The van der Waals surface area contributed by atoms with Crippen molar-refractivity contribution in [1.29, 1.82) is 0 Å². The molecule has 5 heteroatoms. The van der Waals surface area contributed by atoms with Gasteiger partial charge < -0.3 is 4.74 Å². The molecule has 0 aliphatic carbocycles. The number of piperidine rings is 1. The third-order valence-corrected chi connectivity index (χ3v) is 6.89. The fourth-order valence-corrected chi connectivity index (χ4v) is 5.53. The highest BCUT2D eigenvalue weighted by Gasteiger charge is 2.23. The molecular formula is C20H33N3OS. The van der Waals surface area contributed by atoms with Crippen molar-refractivity contribution in [3.05, 3.63) is 21.9 Å². The maximum atomic E-state index is 5.48. The average Bonchev–Trinajstić information content (AvgIpc) is 3.29. The predicted molar refractivity (Wildman–Crippen MR) is 104 cm³/mol. The molecule has 0 bridgehead atoms. The molecule has 3 saturated heterocycles. The minimum Gasteiger partial charge on any atom is -0.379 e. The minimum absolute atomic E-state index is 0.843. The van der Waals surface area contributed by atoms with Gasteiger partial charge in [-0.2, -0.15) is 0 Å². The molecule has 3 fully saturated rings. The van der Waals surface area contributed by atoms with Gasteiger partial charge in [0.1, 0.15) is 0 Å². The maximum Gasteiger partial charge on any atom is 0.0594 e. The monoisotopic (exact) mass is 363 g/mol. The highest BCUT2D eigenvalue weighted by Crippen LogP contribution is 2.24. The number of hydrogen-bond acceptors (Lipinski definition) is 5. The van der Waals surface area contributed by atoms with Crippen LogP contribution in [0, 0.1) is 5.92 Å². The van der Waals surface area contributed by atoms with E-state index in [1.807, 2.05) is 11.3 Å². The lowest BCUT2D eigenvalue weighted by atomic mass is 9.97. The molecule has 1 aromatic rings. The van der Waals surface area contributed by atoms with Crippen LogP contribution in [-0.4, -0.2) is 73.7 Å². The standard InChI is InChI=1S/C20H33N3OS/c1-2-6-21(5-1)15-19-12-20(25-17-19)16-23-7-3-4-18(14-23)13-22-8-10-24-11-9-22/h12,17-18H,1-11,13-16H2. The Balaban J connectivity index is 1.24. The van der Waals surface area contributed by atoms with Crippen LogP contribution in [0.5, 0.6) is 0 Å². The number of nitrogens with zero attached hydrogens (tertiary/aromatic N) is 3. The Morgan fingerprint density at radius 1 is 0.920 bits per heavy atom. The second-order valence-corrected chi connectivity index (χ2v) is 9.06. The van der Waals surface area contributed by atoms with Gasteiger partial charge in [0.05, 0.1) is 13.2 Å². The molecule has 0 amide bonds. The molecule has 4 rings (SSSR count). The molecule has 0 radical (unpaired) electrons. The zero-order chi connectivity index (χ0) is 16.9. The summed E-state index contributed by atoms with van der Waals surface area (Å²) >= 11 is 1.97. The minimum atomic E-state index is 0.843. The topological polar surface area (TPSA) is 19.0 Å². The van der Waals surface area contributed by atoms with Crippen LogP contribution in [0.1, 0.15) is 36.1 Å². The Labute approximate surface area is 156 Å². The first-order valence-corrected chi connectivity index (χ1v) is 11.0. The molecule has 3 aliphatic heterocycles. The van der Waals surface area contributed by atoms with Crippen LogP contribution in [0.15, 0.2) is 11.4 Å². The zero-order valence-corrected chi connectivity index (χ0v) is 16.3. The summed E-state index contributed by atoms with van der Waals surface area (Å²) in [6.07, 6.45) is 5.53. The number of ether oxygens (including phenoxy) is 1. The summed E-state index contributed by atoms with van der Waals surface area (Å²) in [6, 6.07) is 2.47. The van der Waals surface area contributed by atoms with E-state index in [9.17, 15) is 0 Å². The quantitative estimate of drug-likeness (QED) is 0.773. The van der Waals surface area contributed by atoms with Crippen molar-refractivity contribution in [1.82, 2.24) is 14.7 Å². The first-order valence-electron chi connectivity index (χ1n) is 10.2. The Morgan fingerprint density at radius 2 is 1.72 bits per heavy atom. The second kappa shape index (κ2) is 8.96. The van der Waals surface area contributed by atoms with Crippen LogP contribution in [-0.2, 0) is 17.8 Å². The van der Waals surface area contributed by atoms with Crippen molar-refractivity contribution in [2.75, 3.05) is 59.0 Å². The molecule has 1 unspecified atom stereocenters.